The van der Waals surface area contributed by atoms with Crippen molar-refractivity contribution in [1.29, 1.82) is 0 Å². The van der Waals surface area contributed by atoms with Gasteiger partial charge in [-0.05, 0) is 220 Å². The molecule has 13 aromatic carbocycles. The molecule has 2 aliphatic heterocycles. The minimum absolute atomic E-state index is 0.0257. The molecule has 2 aliphatic rings. The van der Waals surface area contributed by atoms with Crippen molar-refractivity contribution in [2.45, 2.75) is 186 Å². The first kappa shape index (κ1) is 75.8. The molecule has 4 heterocycles. The van der Waals surface area contributed by atoms with E-state index in [2.05, 4.69) is 431 Å². The number of benzene rings is 13. The Bertz CT molecular complexity index is 5700. The van der Waals surface area contributed by atoms with Gasteiger partial charge in [0.05, 0.1) is 33.4 Å². The number of para-hydroxylation sites is 4. The SMILES string of the molecule is CC(C)(C)Cc1cc(-c2cccc(C(C)(C)C)c2)c(N2c3cc(-n4c5ccccc5c5ccccc54)ccc3B3c4ccc(-n5c6ccccc6c6ccccc65)cc4N(c4c(-c5cccc(C(C)(C)C)c5)cc(CC(C)(C)C)cc4-c4cccc(C(C)(C)C)c4)c4cc(CC(C)(C)C)cc2c43)c(-c2cccc(C(C)(C)C)c2)c1. The average molecular weight is 1490 g/mol. The zero-order chi connectivity index (χ0) is 80.3. The molecule has 17 rings (SSSR count). The lowest BCUT2D eigenvalue weighted by Crippen LogP contribution is -2.61. The average Bonchev–Trinajstić information content (AvgIpc) is 0.712. The van der Waals surface area contributed by atoms with E-state index in [1.54, 1.807) is 0 Å². The van der Waals surface area contributed by atoms with Gasteiger partial charge in [0.15, 0.2) is 0 Å². The van der Waals surface area contributed by atoms with E-state index in [4.69, 9.17) is 0 Å². The minimum atomic E-state index is -0.253. The molecule has 0 atom stereocenters. The monoisotopic (exact) mass is 1490 g/mol. The van der Waals surface area contributed by atoms with E-state index in [0.29, 0.717) is 0 Å². The van der Waals surface area contributed by atoms with Gasteiger partial charge >= 0.3 is 0 Å². The van der Waals surface area contributed by atoms with Crippen LogP contribution in [0.1, 0.15) is 184 Å². The highest BCUT2D eigenvalue weighted by Crippen LogP contribution is 2.56. The predicted molar refractivity (Wildman–Crippen MR) is 495 cm³/mol. The zero-order valence-electron chi connectivity index (χ0n) is 71.4. The van der Waals surface area contributed by atoms with Gasteiger partial charge in [-0.1, -0.05) is 327 Å². The van der Waals surface area contributed by atoms with Crippen molar-refractivity contribution < 1.29 is 0 Å². The molecule has 15 aromatic rings. The first-order chi connectivity index (χ1) is 53.9. The smallest absolute Gasteiger partial charge is 0.252 e. The van der Waals surface area contributed by atoms with Gasteiger partial charge in [-0.25, -0.2) is 0 Å². The summed E-state index contributed by atoms with van der Waals surface area (Å²) < 4.78 is 5.08. The summed E-state index contributed by atoms with van der Waals surface area (Å²) in [4.78, 5) is 5.63. The summed E-state index contributed by atoms with van der Waals surface area (Å²) in [5, 5.41) is 4.95. The molecular formula is C109H113BN4. The lowest BCUT2D eigenvalue weighted by Gasteiger charge is -2.46. The second kappa shape index (κ2) is 27.4. The van der Waals surface area contributed by atoms with E-state index in [0.717, 1.165) is 42.0 Å². The van der Waals surface area contributed by atoms with Crippen molar-refractivity contribution in [2.75, 3.05) is 9.80 Å². The molecule has 114 heavy (non-hydrogen) atoms. The quantitative estimate of drug-likeness (QED) is 0.120. The van der Waals surface area contributed by atoms with Gasteiger partial charge in [0.2, 0.25) is 0 Å². The molecule has 572 valence electrons. The van der Waals surface area contributed by atoms with Gasteiger partial charge in [-0.2, -0.15) is 0 Å². The molecule has 0 N–H and O–H groups in total. The number of anilines is 6. The molecule has 0 saturated heterocycles. The summed E-state index contributed by atoms with van der Waals surface area (Å²) in [6.07, 6.45) is 2.59. The highest BCUT2D eigenvalue weighted by molar-refractivity contribution is 7.00. The third-order valence-electron chi connectivity index (χ3n) is 23.9. The third-order valence-corrected chi connectivity index (χ3v) is 23.9. The van der Waals surface area contributed by atoms with Gasteiger partial charge in [-0.15, -0.1) is 0 Å². The number of nitrogens with zero attached hydrogens (tertiary/aromatic N) is 4. The molecule has 4 nitrogen and oxygen atoms in total. The van der Waals surface area contributed by atoms with E-state index >= 15 is 0 Å². The number of rotatable bonds is 11. The summed E-state index contributed by atoms with van der Waals surface area (Å²) in [5.41, 5.74) is 35.8. The molecule has 5 heteroatoms. The molecule has 0 unspecified atom stereocenters. The van der Waals surface area contributed by atoms with Crippen LogP contribution in [0, 0.1) is 16.2 Å². The van der Waals surface area contributed by atoms with Crippen LogP contribution in [0.15, 0.2) is 267 Å². The Kier molecular flexibility index (Phi) is 18.2. The van der Waals surface area contributed by atoms with Gasteiger partial charge in [0.25, 0.3) is 6.71 Å². The van der Waals surface area contributed by atoms with Crippen molar-refractivity contribution in [1.82, 2.24) is 9.13 Å². The topological polar surface area (TPSA) is 16.3 Å². The van der Waals surface area contributed by atoms with Crippen molar-refractivity contribution in [3.05, 3.63) is 306 Å². The fraction of sp³-hybridized carbons (Fsp3) is 0.284. The molecular weight excluding hydrogens is 1380 g/mol. The van der Waals surface area contributed by atoms with Crippen LogP contribution in [0.5, 0.6) is 0 Å². The minimum Gasteiger partial charge on any atom is -0.310 e. The predicted octanol–water partition coefficient (Wildman–Crippen LogP) is 28.6. The van der Waals surface area contributed by atoms with Crippen LogP contribution in [0.3, 0.4) is 0 Å². The zero-order valence-corrected chi connectivity index (χ0v) is 71.4. The van der Waals surface area contributed by atoms with E-state index in [1.807, 2.05) is 0 Å². The van der Waals surface area contributed by atoms with Crippen LogP contribution in [0.2, 0.25) is 0 Å². The summed E-state index contributed by atoms with van der Waals surface area (Å²) in [6.45, 7) is 49.8. The Morgan fingerprint density at radius 1 is 0.246 bits per heavy atom. The molecule has 0 fully saturated rings. The normalized spacial score (nSPS) is 13.5. The highest BCUT2D eigenvalue weighted by atomic mass is 15.2. The number of fused-ring (bicyclic) bond motifs is 10. The van der Waals surface area contributed by atoms with Gasteiger partial charge in [-0.3, -0.25) is 0 Å². The van der Waals surface area contributed by atoms with E-state index in [1.165, 1.54) is 166 Å². The molecule has 0 radical (unpaired) electrons. The fourth-order valence-electron chi connectivity index (χ4n) is 18.7. The summed E-state index contributed by atoms with van der Waals surface area (Å²) in [6, 6.07) is 105. The Hall–Kier alpha value is -10.9. The first-order valence-corrected chi connectivity index (χ1v) is 41.7. The van der Waals surface area contributed by atoms with Crippen LogP contribution >= 0.6 is 0 Å². The maximum atomic E-state index is 2.82. The molecule has 2 aromatic heterocycles. The van der Waals surface area contributed by atoms with Gasteiger partial charge < -0.3 is 18.9 Å². The van der Waals surface area contributed by atoms with Crippen LogP contribution in [0.25, 0.3) is 99.5 Å². The third kappa shape index (κ3) is 13.9. The van der Waals surface area contributed by atoms with E-state index in [-0.39, 0.29) is 44.6 Å². The second-order valence-electron chi connectivity index (χ2n) is 41.0. The van der Waals surface area contributed by atoms with Gasteiger partial charge in [0.1, 0.15) is 0 Å². The Labute approximate surface area is 679 Å². The lowest BCUT2D eigenvalue weighted by molar-refractivity contribution is 0.411. The highest BCUT2D eigenvalue weighted by Gasteiger charge is 2.47. The second-order valence-corrected chi connectivity index (χ2v) is 41.0. The van der Waals surface area contributed by atoms with Gasteiger partial charge in [0, 0.05) is 77.9 Å². The Morgan fingerprint density at radius 2 is 0.509 bits per heavy atom. The molecule has 0 aliphatic carbocycles. The lowest BCUT2D eigenvalue weighted by atomic mass is 9.33. The molecule has 0 saturated carbocycles. The largest absolute Gasteiger partial charge is 0.310 e. The number of hydrogen-bond donors (Lipinski definition) is 0. The maximum Gasteiger partial charge on any atom is 0.252 e. The summed E-state index contributed by atoms with van der Waals surface area (Å²) in [7, 11) is 0. The van der Waals surface area contributed by atoms with Crippen molar-refractivity contribution in [3.8, 4) is 55.9 Å². The fourth-order valence-corrected chi connectivity index (χ4v) is 18.7. The van der Waals surface area contributed by atoms with Crippen LogP contribution in [-0.2, 0) is 40.9 Å². The van der Waals surface area contributed by atoms with Crippen LogP contribution in [-0.4, -0.2) is 15.8 Å². The Balaban J connectivity index is 1.10. The molecule has 0 amide bonds. The molecule has 0 spiro atoms. The van der Waals surface area contributed by atoms with E-state index < -0.39 is 0 Å². The van der Waals surface area contributed by atoms with Crippen LogP contribution in [0.4, 0.5) is 34.1 Å². The first-order valence-electron chi connectivity index (χ1n) is 41.7. The van der Waals surface area contributed by atoms with Crippen LogP contribution < -0.4 is 26.2 Å². The summed E-state index contributed by atoms with van der Waals surface area (Å²) >= 11 is 0. The Morgan fingerprint density at radius 3 is 0.772 bits per heavy atom. The van der Waals surface area contributed by atoms with Crippen molar-refractivity contribution >= 4 is 101 Å². The van der Waals surface area contributed by atoms with Crippen molar-refractivity contribution in [2.24, 2.45) is 16.2 Å². The summed E-state index contributed by atoms with van der Waals surface area (Å²) in [5.74, 6) is 0. The van der Waals surface area contributed by atoms with Crippen molar-refractivity contribution in [3.63, 3.8) is 0 Å². The number of hydrogen-bond acceptors (Lipinski definition) is 2. The number of aromatic nitrogens is 2. The maximum absolute atomic E-state index is 2.82. The molecule has 0 bridgehead atoms. The van der Waals surface area contributed by atoms with E-state index in [9.17, 15) is 0 Å². The standard InChI is InChI=1S/C109H113BN4/c1-103(2,3)66-69-54-86(72-34-30-38-76(60-72)106(10,11)12)101(87(55-69)73-35-31-39-77(61-73)107(13,14)15)113-96-64-80(111-92-46-26-22-42-82(92)83-43-23-27-47-93(83)111)50-52-90(96)110-91-53-51-81(112-94-48-28-24-44-84(94)85-45-25-29-49-95(85)112)65-97(91)114(99-59-71(68-105(7,8)9)58-98(113)100(99)110)102-88(74-36-32-40-78(62-74)108(16,17)18)56-70(67-104(4,5)6)57-89(102)75-37-33-41-79(63-75)109(19,20)21/h22-65H,66-68H2,1-21H3.